The normalized spacial score (nSPS) is 25.9. The molecule has 0 saturated heterocycles. The summed E-state index contributed by atoms with van der Waals surface area (Å²) in [4.78, 5) is 1.63. The lowest BCUT2D eigenvalue weighted by Gasteiger charge is -2.30. The zero-order valence-electron chi connectivity index (χ0n) is 8.75. The minimum Gasteiger partial charge on any atom is -0.359 e. The van der Waals surface area contributed by atoms with Crippen LogP contribution in [0.1, 0.15) is 12.8 Å². The first kappa shape index (κ1) is 11.1. The summed E-state index contributed by atoms with van der Waals surface area (Å²) >= 11 is 0. The molecule has 0 aromatic heterocycles. The van der Waals surface area contributed by atoms with Crippen LogP contribution in [0.3, 0.4) is 0 Å². The van der Waals surface area contributed by atoms with Gasteiger partial charge in [-0.15, -0.1) is 0 Å². The molecule has 0 N–H and O–H groups in total. The molecule has 2 rings (SSSR count). The van der Waals surface area contributed by atoms with Gasteiger partial charge >= 0.3 is 6.18 Å². The van der Waals surface area contributed by atoms with Crippen molar-refractivity contribution in [3.63, 3.8) is 0 Å². The molecule has 86 valence electrons. The summed E-state index contributed by atoms with van der Waals surface area (Å²) in [6.07, 6.45) is -0.382. The summed E-state index contributed by atoms with van der Waals surface area (Å²) in [5.74, 6) is 0.201. The second kappa shape index (κ2) is 3.55. The van der Waals surface area contributed by atoms with E-state index < -0.39 is 17.8 Å². The standard InChI is InChI=1S/C11H11F3N2/c1-16-9(6-15)4-8(11(12,13)14)5-10(16)7-2-3-7/h4-5,7,9H,2-3H2,1H3. The first-order chi connectivity index (χ1) is 7.43. The summed E-state index contributed by atoms with van der Waals surface area (Å²) in [6, 6.07) is 1.07. The molecule has 1 atom stereocenters. The van der Waals surface area contributed by atoms with Crippen LogP contribution in [-0.4, -0.2) is 24.2 Å². The average Bonchev–Trinajstić information content (AvgIpc) is 3.00. The second-order valence-electron chi connectivity index (χ2n) is 4.15. The van der Waals surface area contributed by atoms with Crippen LogP contribution in [-0.2, 0) is 0 Å². The third-order valence-corrected chi connectivity index (χ3v) is 2.92. The van der Waals surface area contributed by atoms with E-state index in [1.54, 1.807) is 11.9 Å². The number of hydrogen-bond acceptors (Lipinski definition) is 2. The van der Waals surface area contributed by atoms with Crippen molar-refractivity contribution >= 4 is 0 Å². The van der Waals surface area contributed by atoms with Crippen molar-refractivity contribution in [2.24, 2.45) is 5.92 Å². The van der Waals surface area contributed by atoms with E-state index in [0.29, 0.717) is 5.70 Å². The van der Waals surface area contributed by atoms with Crippen molar-refractivity contribution < 1.29 is 13.2 Å². The van der Waals surface area contributed by atoms with E-state index in [2.05, 4.69) is 0 Å². The van der Waals surface area contributed by atoms with Crippen molar-refractivity contribution in [1.82, 2.24) is 4.90 Å². The molecule has 0 aromatic rings. The fourth-order valence-corrected chi connectivity index (χ4v) is 1.84. The molecule has 0 amide bonds. The first-order valence-corrected chi connectivity index (χ1v) is 5.06. The average molecular weight is 228 g/mol. The fraction of sp³-hybridized carbons (Fsp3) is 0.545. The molecule has 5 heteroatoms. The van der Waals surface area contributed by atoms with Crippen molar-refractivity contribution in [1.29, 1.82) is 5.26 Å². The van der Waals surface area contributed by atoms with Gasteiger partial charge in [0.05, 0.1) is 11.6 Å². The van der Waals surface area contributed by atoms with Gasteiger partial charge in [-0.2, -0.15) is 18.4 Å². The zero-order chi connectivity index (χ0) is 11.9. The Morgan fingerprint density at radius 1 is 1.44 bits per heavy atom. The third-order valence-electron chi connectivity index (χ3n) is 2.92. The van der Waals surface area contributed by atoms with Gasteiger partial charge in [0, 0.05) is 12.7 Å². The minimum atomic E-state index is -4.36. The molecule has 0 aromatic carbocycles. The monoisotopic (exact) mass is 228 g/mol. The molecule has 2 aliphatic rings. The molecule has 0 spiro atoms. The van der Waals surface area contributed by atoms with E-state index >= 15 is 0 Å². The number of hydrogen-bond donors (Lipinski definition) is 0. The van der Waals surface area contributed by atoms with Crippen molar-refractivity contribution in [3.05, 3.63) is 23.4 Å². The fourth-order valence-electron chi connectivity index (χ4n) is 1.84. The Balaban J connectivity index is 2.35. The predicted octanol–water partition coefficient (Wildman–Crippen LogP) is 2.61. The predicted molar refractivity (Wildman–Crippen MR) is 52.1 cm³/mol. The Labute approximate surface area is 91.6 Å². The lowest BCUT2D eigenvalue weighted by molar-refractivity contribution is -0.0892. The number of rotatable bonds is 1. The second-order valence-corrected chi connectivity index (χ2v) is 4.15. The van der Waals surface area contributed by atoms with Crippen LogP contribution in [0.5, 0.6) is 0 Å². The molecule has 1 fully saturated rings. The van der Waals surface area contributed by atoms with Gasteiger partial charge < -0.3 is 4.90 Å². The van der Waals surface area contributed by atoms with Gasteiger partial charge in [0.15, 0.2) is 0 Å². The van der Waals surface area contributed by atoms with Crippen LogP contribution in [0.25, 0.3) is 0 Å². The number of likely N-dealkylation sites (N-methyl/N-ethyl adjacent to an activating group) is 1. The molecule has 2 nitrogen and oxygen atoms in total. The third kappa shape index (κ3) is 1.92. The highest BCUT2D eigenvalue weighted by atomic mass is 19.4. The molecule has 1 aliphatic heterocycles. The summed E-state index contributed by atoms with van der Waals surface area (Å²) in [5.41, 5.74) is -0.0552. The largest absolute Gasteiger partial charge is 0.416 e. The molecule has 1 saturated carbocycles. The minimum absolute atomic E-state index is 0.201. The van der Waals surface area contributed by atoms with Crippen LogP contribution >= 0.6 is 0 Å². The Morgan fingerprint density at radius 2 is 2.06 bits per heavy atom. The molecule has 1 aliphatic carbocycles. The Kier molecular flexibility index (Phi) is 2.45. The van der Waals surface area contributed by atoms with Gasteiger partial charge in [0.1, 0.15) is 6.04 Å². The molecule has 1 unspecified atom stereocenters. The van der Waals surface area contributed by atoms with Gasteiger partial charge in [-0.25, -0.2) is 0 Å². The summed E-state index contributed by atoms with van der Waals surface area (Å²) in [7, 11) is 1.67. The topological polar surface area (TPSA) is 27.0 Å². The molecular weight excluding hydrogens is 217 g/mol. The van der Waals surface area contributed by atoms with Gasteiger partial charge in [-0.1, -0.05) is 0 Å². The van der Waals surface area contributed by atoms with E-state index in [4.69, 9.17) is 5.26 Å². The number of alkyl halides is 3. The van der Waals surface area contributed by atoms with Crippen molar-refractivity contribution in [2.45, 2.75) is 25.1 Å². The molecule has 16 heavy (non-hydrogen) atoms. The Morgan fingerprint density at radius 3 is 2.50 bits per heavy atom. The van der Waals surface area contributed by atoms with Crippen molar-refractivity contribution in [3.8, 4) is 6.07 Å². The van der Waals surface area contributed by atoms with Gasteiger partial charge in [0.25, 0.3) is 0 Å². The maximum Gasteiger partial charge on any atom is 0.416 e. The van der Waals surface area contributed by atoms with Gasteiger partial charge in [-0.3, -0.25) is 0 Å². The van der Waals surface area contributed by atoms with Crippen LogP contribution < -0.4 is 0 Å². The van der Waals surface area contributed by atoms with E-state index in [-0.39, 0.29) is 5.92 Å². The maximum absolute atomic E-state index is 12.6. The highest BCUT2D eigenvalue weighted by Crippen LogP contribution is 2.42. The van der Waals surface area contributed by atoms with E-state index in [1.165, 1.54) is 6.08 Å². The van der Waals surface area contributed by atoms with E-state index in [1.807, 2.05) is 6.07 Å². The number of nitrogens with zero attached hydrogens (tertiary/aromatic N) is 2. The maximum atomic E-state index is 12.6. The van der Waals surface area contributed by atoms with E-state index in [9.17, 15) is 13.2 Å². The first-order valence-electron chi connectivity index (χ1n) is 5.06. The number of halogens is 3. The number of allylic oxidation sites excluding steroid dienone is 3. The Bertz CT molecular complexity index is 396. The Hall–Kier alpha value is -1.44. The highest BCUT2D eigenvalue weighted by molar-refractivity contribution is 5.37. The van der Waals surface area contributed by atoms with Crippen LogP contribution in [0.4, 0.5) is 13.2 Å². The van der Waals surface area contributed by atoms with Crippen LogP contribution in [0.15, 0.2) is 23.4 Å². The van der Waals surface area contributed by atoms with Crippen LogP contribution in [0, 0.1) is 17.2 Å². The molecule has 1 heterocycles. The van der Waals surface area contributed by atoms with E-state index in [0.717, 1.165) is 18.9 Å². The zero-order valence-corrected chi connectivity index (χ0v) is 8.75. The molecular formula is C11H11F3N2. The highest BCUT2D eigenvalue weighted by Gasteiger charge is 2.39. The summed E-state index contributed by atoms with van der Waals surface area (Å²) < 4.78 is 37.8. The SMILES string of the molecule is CN1C(C2CC2)=CC(C(F)(F)F)=CC1C#N. The quantitative estimate of drug-likeness (QED) is 0.689. The smallest absolute Gasteiger partial charge is 0.359 e. The molecule has 0 bridgehead atoms. The van der Waals surface area contributed by atoms with Crippen LogP contribution in [0.2, 0.25) is 0 Å². The summed E-state index contributed by atoms with van der Waals surface area (Å²) in [5, 5.41) is 8.83. The van der Waals surface area contributed by atoms with Crippen molar-refractivity contribution in [2.75, 3.05) is 7.05 Å². The lowest BCUT2D eigenvalue weighted by atomic mass is 10.0. The van der Waals surface area contributed by atoms with Gasteiger partial charge in [-0.05, 0) is 30.9 Å². The lowest BCUT2D eigenvalue weighted by Crippen LogP contribution is -2.33. The summed E-state index contributed by atoms with van der Waals surface area (Å²) in [6.45, 7) is 0. The van der Waals surface area contributed by atoms with Gasteiger partial charge in [0.2, 0.25) is 0 Å². The number of nitriles is 1. The molecule has 0 radical (unpaired) electrons.